The molecule has 1 saturated heterocycles. The fraction of sp³-hybridized carbons (Fsp3) is 0.611. The average molecular weight is 351 g/mol. The lowest BCUT2D eigenvalue weighted by Gasteiger charge is -2.43. The molecule has 0 amide bonds. The van der Waals surface area contributed by atoms with Crippen molar-refractivity contribution >= 4 is 21.7 Å². The third kappa shape index (κ3) is 3.57. The fourth-order valence-corrected chi connectivity index (χ4v) is 4.25. The van der Waals surface area contributed by atoms with Crippen molar-refractivity contribution in [3.05, 3.63) is 34.3 Å². The average Bonchev–Trinajstić information content (AvgIpc) is 2.50. The van der Waals surface area contributed by atoms with Crippen molar-refractivity contribution < 1.29 is 9.53 Å². The summed E-state index contributed by atoms with van der Waals surface area (Å²) in [6, 6.07) is 8.04. The summed E-state index contributed by atoms with van der Waals surface area (Å²) in [5, 5.41) is 0. The highest BCUT2D eigenvalue weighted by molar-refractivity contribution is 9.10. The minimum atomic E-state index is 0.0186. The second-order valence-electron chi connectivity index (χ2n) is 6.52. The number of carbonyl (C=O) groups is 1. The molecule has 1 aromatic carbocycles. The molecule has 114 valence electrons. The SMILES string of the molecule is O=C(Cc1ccccc1Br)C1CCOC2(CCCCC2)C1. The number of Topliss-reactive ketones (excluding diaryl/α,β-unsaturated/α-hetero) is 1. The first-order chi connectivity index (χ1) is 10.2. The highest BCUT2D eigenvalue weighted by Crippen LogP contribution is 2.41. The molecule has 3 heteroatoms. The van der Waals surface area contributed by atoms with E-state index in [0.717, 1.165) is 42.3 Å². The van der Waals surface area contributed by atoms with E-state index in [2.05, 4.69) is 15.9 Å². The number of halogens is 1. The van der Waals surface area contributed by atoms with Crippen molar-refractivity contribution in [1.29, 1.82) is 0 Å². The molecule has 1 spiro atoms. The van der Waals surface area contributed by atoms with Crippen molar-refractivity contribution in [2.45, 2.75) is 57.0 Å². The Morgan fingerprint density at radius 3 is 2.76 bits per heavy atom. The van der Waals surface area contributed by atoms with Gasteiger partial charge in [0.1, 0.15) is 5.78 Å². The van der Waals surface area contributed by atoms with E-state index in [1.165, 1.54) is 19.3 Å². The van der Waals surface area contributed by atoms with E-state index in [-0.39, 0.29) is 11.5 Å². The predicted octanol–water partition coefficient (Wildman–Crippen LogP) is 4.69. The maximum Gasteiger partial charge on any atom is 0.140 e. The van der Waals surface area contributed by atoms with Gasteiger partial charge in [-0.2, -0.15) is 0 Å². The van der Waals surface area contributed by atoms with Crippen LogP contribution >= 0.6 is 15.9 Å². The Kier molecular flexibility index (Phi) is 4.80. The van der Waals surface area contributed by atoms with Gasteiger partial charge in [0.25, 0.3) is 0 Å². The summed E-state index contributed by atoms with van der Waals surface area (Å²) in [7, 11) is 0. The van der Waals surface area contributed by atoms with E-state index in [1.807, 2.05) is 24.3 Å². The maximum absolute atomic E-state index is 12.7. The number of rotatable bonds is 3. The van der Waals surface area contributed by atoms with Crippen molar-refractivity contribution in [3.63, 3.8) is 0 Å². The summed E-state index contributed by atoms with van der Waals surface area (Å²) < 4.78 is 7.14. The molecule has 1 heterocycles. The Morgan fingerprint density at radius 1 is 1.24 bits per heavy atom. The predicted molar refractivity (Wildman–Crippen MR) is 87.3 cm³/mol. The van der Waals surface area contributed by atoms with Gasteiger partial charge in [0.15, 0.2) is 0 Å². The Bertz CT molecular complexity index is 500. The van der Waals surface area contributed by atoms with Crippen molar-refractivity contribution in [2.24, 2.45) is 5.92 Å². The first-order valence-corrected chi connectivity index (χ1v) is 8.88. The Morgan fingerprint density at radius 2 is 2.00 bits per heavy atom. The van der Waals surface area contributed by atoms with Crippen LogP contribution in [0.1, 0.15) is 50.5 Å². The van der Waals surface area contributed by atoms with Gasteiger partial charge in [0, 0.05) is 23.4 Å². The van der Waals surface area contributed by atoms with Gasteiger partial charge in [-0.25, -0.2) is 0 Å². The lowest BCUT2D eigenvalue weighted by atomic mass is 9.74. The number of hydrogen-bond acceptors (Lipinski definition) is 2. The van der Waals surface area contributed by atoms with Gasteiger partial charge in [-0.05, 0) is 37.3 Å². The molecule has 2 nitrogen and oxygen atoms in total. The minimum absolute atomic E-state index is 0.0186. The zero-order chi connectivity index (χ0) is 14.7. The molecule has 2 fully saturated rings. The standard InChI is InChI=1S/C18H23BrO2/c19-16-7-3-2-6-14(16)12-17(20)15-8-11-21-18(13-15)9-4-1-5-10-18/h2-3,6-7,15H,1,4-5,8-13H2. The monoisotopic (exact) mass is 350 g/mol. The second kappa shape index (κ2) is 6.62. The summed E-state index contributed by atoms with van der Waals surface area (Å²) in [6.45, 7) is 0.756. The molecule has 21 heavy (non-hydrogen) atoms. The summed E-state index contributed by atoms with van der Waals surface area (Å²) in [4.78, 5) is 12.7. The van der Waals surface area contributed by atoms with Gasteiger partial charge in [-0.3, -0.25) is 4.79 Å². The summed E-state index contributed by atoms with van der Waals surface area (Å²) in [5.74, 6) is 0.569. The van der Waals surface area contributed by atoms with Crippen LogP contribution in [0.25, 0.3) is 0 Å². The maximum atomic E-state index is 12.7. The molecule has 0 radical (unpaired) electrons. The van der Waals surface area contributed by atoms with Crippen molar-refractivity contribution in [3.8, 4) is 0 Å². The second-order valence-corrected chi connectivity index (χ2v) is 7.37. The quantitative estimate of drug-likeness (QED) is 0.790. The molecule has 3 rings (SSSR count). The third-order valence-electron chi connectivity index (χ3n) is 5.04. The molecule has 0 bridgehead atoms. The third-order valence-corrected chi connectivity index (χ3v) is 5.81. The highest BCUT2D eigenvalue weighted by Gasteiger charge is 2.40. The molecule has 2 aliphatic rings. The van der Waals surface area contributed by atoms with Crippen LogP contribution in [-0.4, -0.2) is 18.0 Å². The van der Waals surface area contributed by atoms with Crippen LogP contribution in [-0.2, 0) is 16.0 Å². The highest BCUT2D eigenvalue weighted by atomic mass is 79.9. The number of carbonyl (C=O) groups excluding carboxylic acids is 1. The molecular weight excluding hydrogens is 328 g/mol. The van der Waals surface area contributed by atoms with E-state index >= 15 is 0 Å². The van der Waals surface area contributed by atoms with Crippen LogP contribution in [0.2, 0.25) is 0 Å². The van der Waals surface area contributed by atoms with E-state index in [4.69, 9.17) is 4.74 Å². The van der Waals surface area contributed by atoms with Gasteiger partial charge < -0.3 is 4.74 Å². The summed E-state index contributed by atoms with van der Waals surface area (Å²) in [6.07, 6.45) is 8.50. The smallest absolute Gasteiger partial charge is 0.140 e. The molecule has 1 atom stereocenters. The number of benzene rings is 1. The zero-order valence-corrected chi connectivity index (χ0v) is 14.0. The number of ether oxygens (including phenoxy) is 1. The Hall–Kier alpha value is -0.670. The minimum Gasteiger partial charge on any atom is -0.375 e. The normalized spacial score (nSPS) is 24.9. The van der Waals surface area contributed by atoms with E-state index in [9.17, 15) is 4.79 Å². The lowest BCUT2D eigenvalue weighted by Crippen LogP contribution is -2.43. The molecule has 1 aliphatic carbocycles. The van der Waals surface area contributed by atoms with Crippen LogP contribution in [0.4, 0.5) is 0 Å². The van der Waals surface area contributed by atoms with E-state index in [0.29, 0.717) is 12.2 Å². The van der Waals surface area contributed by atoms with Gasteiger partial charge in [-0.15, -0.1) is 0 Å². The Labute approximate surface area is 135 Å². The zero-order valence-electron chi connectivity index (χ0n) is 12.4. The van der Waals surface area contributed by atoms with E-state index < -0.39 is 0 Å². The fourth-order valence-electron chi connectivity index (χ4n) is 3.82. The first kappa shape index (κ1) is 15.2. The summed E-state index contributed by atoms with van der Waals surface area (Å²) in [5.41, 5.74) is 1.12. The van der Waals surface area contributed by atoms with Crippen LogP contribution in [0.5, 0.6) is 0 Å². The largest absolute Gasteiger partial charge is 0.375 e. The van der Waals surface area contributed by atoms with Crippen LogP contribution < -0.4 is 0 Å². The van der Waals surface area contributed by atoms with E-state index in [1.54, 1.807) is 0 Å². The molecule has 1 aromatic rings. The lowest BCUT2D eigenvalue weighted by molar-refractivity contribution is -0.142. The van der Waals surface area contributed by atoms with Crippen molar-refractivity contribution in [2.75, 3.05) is 6.61 Å². The first-order valence-electron chi connectivity index (χ1n) is 8.09. The van der Waals surface area contributed by atoms with Gasteiger partial charge >= 0.3 is 0 Å². The van der Waals surface area contributed by atoms with Crippen molar-refractivity contribution in [1.82, 2.24) is 0 Å². The topological polar surface area (TPSA) is 26.3 Å². The van der Waals surface area contributed by atoms with Gasteiger partial charge in [0.2, 0.25) is 0 Å². The molecule has 1 unspecified atom stereocenters. The molecule has 0 aromatic heterocycles. The Balaban J connectivity index is 1.66. The van der Waals surface area contributed by atoms with Crippen LogP contribution in [0.15, 0.2) is 28.7 Å². The summed E-state index contributed by atoms with van der Waals surface area (Å²) >= 11 is 3.54. The number of ketones is 1. The molecular formula is C18H23BrO2. The van der Waals surface area contributed by atoms with Gasteiger partial charge in [0.05, 0.1) is 5.60 Å². The van der Waals surface area contributed by atoms with Crippen LogP contribution in [0, 0.1) is 5.92 Å². The molecule has 0 N–H and O–H groups in total. The molecule has 1 saturated carbocycles. The van der Waals surface area contributed by atoms with Gasteiger partial charge in [-0.1, -0.05) is 53.4 Å². The number of hydrogen-bond donors (Lipinski definition) is 0. The molecule has 1 aliphatic heterocycles. The van der Waals surface area contributed by atoms with Crippen LogP contribution in [0.3, 0.4) is 0 Å².